The van der Waals surface area contributed by atoms with E-state index < -0.39 is 0 Å². The van der Waals surface area contributed by atoms with E-state index >= 15 is 0 Å². The fourth-order valence-electron chi connectivity index (χ4n) is 3.41. The summed E-state index contributed by atoms with van der Waals surface area (Å²) in [5.74, 6) is 0.304. The van der Waals surface area contributed by atoms with Crippen LogP contribution < -0.4 is 5.32 Å². The lowest BCUT2D eigenvalue weighted by Crippen LogP contribution is -2.47. The van der Waals surface area contributed by atoms with Crippen molar-refractivity contribution in [2.24, 2.45) is 0 Å². The number of aryl methyl sites for hydroxylation is 1. The Labute approximate surface area is 156 Å². The quantitative estimate of drug-likeness (QED) is 0.863. The summed E-state index contributed by atoms with van der Waals surface area (Å²) in [5, 5.41) is 7.74. The number of piperidine rings is 1. The molecule has 0 bridgehead atoms. The minimum absolute atomic E-state index is 0. The van der Waals surface area contributed by atoms with Crippen LogP contribution in [0.2, 0.25) is 0 Å². The Morgan fingerprint density at radius 1 is 1.29 bits per heavy atom. The molecule has 2 saturated heterocycles. The molecule has 6 nitrogen and oxygen atoms in total. The predicted molar refractivity (Wildman–Crippen MR) is 100 cm³/mol. The van der Waals surface area contributed by atoms with Crippen LogP contribution in [0.4, 0.5) is 0 Å². The van der Waals surface area contributed by atoms with Gasteiger partial charge in [0.15, 0.2) is 0 Å². The second-order valence-corrected chi connectivity index (χ2v) is 6.48. The molecule has 0 spiro atoms. The van der Waals surface area contributed by atoms with Crippen LogP contribution in [-0.4, -0.2) is 71.3 Å². The molecule has 0 saturated carbocycles. The number of aromatic nitrogens is 2. The van der Waals surface area contributed by atoms with Crippen LogP contribution in [0.15, 0.2) is 12.4 Å². The van der Waals surface area contributed by atoms with Crippen LogP contribution in [0, 0.1) is 6.92 Å². The Bertz CT molecular complexity index is 504. The highest BCUT2D eigenvalue weighted by Gasteiger charge is 2.23. The largest absolute Gasteiger partial charge is 0.340 e. The lowest BCUT2D eigenvalue weighted by Gasteiger charge is -2.33. The lowest BCUT2D eigenvalue weighted by atomic mass is 10.1. The Balaban J connectivity index is 0.00000144. The smallest absolute Gasteiger partial charge is 0.223 e. The number of piperazine rings is 1. The maximum Gasteiger partial charge on any atom is 0.223 e. The number of rotatable bonds is 4. The van der Waals surface area contributed by atoms with Crippen molar-refractivity contribution in [2.45, 2.75) is 32.2 Å². The molecule has 1 atom stereocenters. The van der Waals surface area contributed by atoms with E-state index in [9.17, 15) is 4.79 Å². The van der Waals surface area contributed by atoms with Crippen molar-refractivity contribution in [3.05, 3.63) is 18.0 Å². The zero-order valence-corrected chi connectivity index (χ0v) is 15.9. The topological polar surface area (TPSA) is 53.4 Å². The van der Waals surface area contributed by atoms with E-state index in [1.807, 2.05) is 11.1 Å². The minimum atomic E-state index is 0. The van der Waals surface area contributed by atoms with Gasteiger partial charge in [-0.05, 0) is 31.9 Å². The Morgan fingerprint density at radius 3 is 2.71 bits per heavy atom. The highest BCUT2D eigenvalue weighted by molar-refractivity contribution is 5.85. The van der Waals surface area contributed by atoms with Crippen LogP contribution in [0.1, 0.15) is 30.9 Å². The highest BCUT2D eigenvalue weighted by Crippen LogP contribution is 2.21. The van der Waals surface area contributed by atoms with Gasteiger partial charge in [-0.25, -0.2) is 0 Å². The molecule has 2 aliphatic heterocycles. The van der Waals surface area contributed by atoms with Crippen molar-refractivity contribution in [3.8, 4) is 0 Å². The zero-order chi connectivity index (χ0) is 15.4. The SMILES string of the molecule is Cc1cnn(C2CCCN(CCC(=O)N3CCNCC3)C2)c1.Cl.Cl. The van der Waals surface area contributed by atoms with Gasteiger partial charge < -0.3 is 15.1 Å². The summed E-state index contributed by atoms with van der Waals surface area (Å²) in [5.41, 5.74) is 1.21. The first-order valence-electron chi connectivity index (χ1n) is 8.44. The average Bonchev–Trinajstić information content (AvgIpc) is 3.00. The van der Waals surface area contributed by atoms with E-state index in [0.29, 0.717) is 18.4 Å². The van der Waals surface area contributed by atoms with E-state index in [1.54, 1.807) is 0 Å². The van der Waals surface area contributed by atoms with Crippen molar-refractivity contribution in [2.75, 3.05) is 45.8 Å². The van der Waals surface area contributed by atoms with Gasteiger partial charge in [0.1, 0.15) is 0 Å². The monoisotopic (exact) mass is 377 g/mol. The number of hydrogen-bond donors (Lipinski definition) is 1. The number of carbonyl (C=O) groups excluding carboxylic acids is 1. The molecule has 1 aromatic rings. The molecule has 138 valence electrons. The third kappa shape index (κ3) is 5.62. The van der Waals surface area contributed by atoms with Crippen LogP contribution >= 0.6 is 24.8 Å². The molecule has 0 aromatic carbocycles. The number of nitrogens with one attached hydrogen (secondary N) is 1. The van der Waals surface area contributed by atoms with E-state index in [-0.39, 0.29) is 24.8 Å². The molecular formula is C16H29Cl2N5O. The first-order chi connectivity index (χ1) is 10.7. The van der Waals surface area contributed by atoms with Crippen LogP contribution in [0.25, 0.3) is 0 Å². The molecule has 1 unspecified atom stereocenters. The standard InChI is InChI=1S/C16H27N5O.2ClH/c1-14-11-18-21(12-14)15-3-2-7-19(13-15)8-4-16(22)20-9-5-17-6-10-20;;/h11-12,15,17H,2-10,13H2,1H3;2*1H. The van der Waals surface area contributed by atoms with Crippen LogP contribution in [0.5, 0.6) is 0 Å². The van der Waals surface area contributed by atoms with Crippen molar-refractivity contribution >= 4 is 30.7 Å². The molecule has 1 amide bonds. The van der Waals surface area contributed by atoms with Crippen LogP contribution in [-0.2, 0) is 4.79 Å². The van der Waals surface area contributed by atoms with E-state index in [1.165, 1.54) is 18.4 Å². The van der Waals surface area contributed by atoms with Gasteiger partial charge in [0.05, 0.1) is 12.2 Å². The summed E-state index contributed by atoms with van der Waals surface area (Å²) >= 11 is 0. The number of carbonyl (C=O) groups is 1. The second-order valence-electron chi connectivity index (χ2n) is 6.48. The fourth-order valence-corrected chi connectivity index (χ4v) is 3.41. The first kappa shape index (κ1) is 21.2. The molecule has 2 aliphatic rings. The normalized spacial score (nSPS) is 21.7. The summed E-state index contributed by atoms with van der Waals surface area (Å²) in [6.07, 6.45) is 7.06. The maximum absolute atomic E-state index is 12.2. The molecule has 1 N–H and O–H groups in total. The Hall–Kier alpha value is -0.820. The van der Waals surface area contributed by atoms with Gasteiger partial charge in [-0.2, -0.15) is 5.10 Å². The van der Waals surface area contributed by atoms with Gasteiger partial charge in [0, 0.05) is 51.9 Å². The number of hydrogen-bond acceptors (Lipinski definition) is 4. The van der Waals surface area contributed by atoms with Gasteiger partial charge >= 0.3 is 0 Å². The van der Waals surface area contributed by atoms with E-state index in [4.69, 9.17) is 0 Å². The van der Waals surface area contributed by atoms with Crippen molar-refractivity contribution in [3.63, 3.8) is 0 Å². The summed E-state index contributed by atoms with van der Waals surface area (Å²) in [6, 6.07) is 0.455. The lowest BCUT2D eigenvalue weighted by molar-refractivity contribution is -0.132. The molecule has 8 heteroatoms. The Morgan fingerprint density at radius 2 is 2.04 bits per heavy atom. The zero-order valence-electron chi connectivity index (χ0n) is 14.3. The molecule has 1 aromatic heterocycles. The number of halogens is 2. The van der Waals surface area contributed by atoms with Gasteiger partial charge in [-0.3, -0.25) is 9.48 Å². The van der Waals surface area contributed by atoms with Crippen molar-refractivity contribution in [1.29, 1.82) is 0 Å². The highest BCUT2D eigenvalue weighted by atomic mass is 35.5. The number of amides is 1. The third-order valence-corrected chi connectivity index (χ3v) is 4.70. The predicted octanol–water partition coefficient (Wildman–Crippen LogP) is 1.49. The van der Waals surface area contributed by atoms with E-state index in [2.05, 4.69) is 33.1 Å². The summed E-state index contributed by atoms with van der Waals surface area (Å²) in [6.45, 7) is 8.63. The minimum Gasteiger partial charge on any atom is -0.340 e. The maximum atomic E-state index is 12.2. The van der Waals surface area contributed by atoms with Crippen LogP contribution in [0.3, 0.4) is 0 Å². The summed E-state index contributed by atoms with van der Waals surface area (Å²) < 4.78 is 2.10. The average molecular weight is 378 g/mol. The molecular weight excluding hydrogens is 349 g/mol. The first-order valence-corrected chi connectivity index (χ1v) is 8.44. The van der Waals surface area contributed by atoms with Gasteiger partial charge in [-0.1, -0.05) is 0 Å². The third-order valence-electron chi connectivity index (χ3n) is 4.70. The second kappa shape index (κ2) is 10.2. The molecule has 0 radical (unpaired) electrons. The van der Waals surface area contributed by atoms with Crippen molar-refractivity contribution < 1.29 is 4.79 Å². The summed E-state index contributed by atoms with van der Waals surface area (Å²) in [4.78, 5) is 16.7. The van der Waals surface area contributed by atoms with Gasteiger partial charge in [-0.15, -0.1) is 24.8 Å². The molecule has 2 fully saturated rings. The number of nitrogens with zero attached hydrogens (tertiary/aromatic N) is 4. The molecule has 3 rings (SSSR count). The Kier molecular flexibility index (Phi) is 9.05. The van der Waals surface area contributed by atoms with E-state index in [0.717, 1.165) is 45.8 Å². The number of likely N-dealkylation sites (tertiary alicyclic amines) is 1. The molecule has 0 aliphatic carbocycles. The fraction of sp³-hybridized carbons (Fsp3) is 0.750. The summed E-state index contributed by atoms with van der Waals surface area (Å²) in [7, 11) is 0. The molecule has 3 heterocycles. The van der Waals surface area contributed by atoms with Crippen molar-refractivity contribution in [1.82, 2.24) is 24.9 Å². The molecule has 24 heavy (non-hydrogen) atoms. The van der Waals surface area contributed by atoms with Gasteiger partial charge in [0.2, 0.25) is 5.91 Å². The van der Waals surface area contributed by atoms with Gasteiger partial charge in [0.25, 0.3) is 0 Å².